The summed E-state index contributed by atoms with van der Waals surface area (Å²) in [6.45, 7) is 2.00. The molecule has 1 fully saturated rings. The minimum absolute atomic E-state index is 0.206. The highest BCUT2D eigenvalue weighted by Gasteiger charge is 2.62. The van der Waals surface area contributed by atoms with Crippen LogP contribution in [0.5, 0.6) is 0 Å². The number of halogens is 5. The third-order valence-corrected chi connectivity index (χ3v) is 2.74. The molecule has 0 bridgehead atoms. The molecule has 1 rings (SSSR count). The highest BCUT2D eigenvalue weighted by molar-refractivity contribution is 4.86. The van der Waals surface area contributed by atoms with Crippen molar-refractivity contribution in [1.29, 1.82) is 0 Å². The maximum absolute atomic E-state index is 13.2. The molecule has 1 aliphatic heterocycles. The summed E-state index contributed by atoms with van der Waals surface area (Å²) in [6, 6.07) is 0. The third-order valence-electron chi connectivity index (χ3n) is 2.74. The lowest BCUT2D eigenvalue weighted by molar-refractivity contribution is -0.319. The Hall–Kier alpha value is -0.430. The van der Waals surface area contributed by atoms with Crippen LogP contribution in [0.3, 0.4) is 0 Å². The molecule has 0 amide bonds. The average Bonchev–Trinajstić information content (AvgIpc) is 3.05. The van der Waals surface area contributed by atoms with Gasteiger partial charge in [-0.3, -0.25) is 0 Å². The van der Waals surface area contributed by atoms with Gasteiger partial charge in [-0.2, -0.15) is 22.0 Å². The third kappa shape index (κ3) is 4.35. The molecule has 7 heteroatoms. The maximum atomic E-state index is 13.2. The van der Waals surface area contributed by atoms with Crippen molar-refractivity contribution in [3.05, 3.63) is 0 Å². The van der Waals surface area contributed by atoms with Crippen molar-refractivity contribution < 1.29 is 31.4 Å². The Balaban J connectivity index is 2.55. The molecular weight excluding hydrogens is 259 g/mol. The molecule has 0 radical (unpaired) electrons. The molecule has 0 saturated carbocycles. The van der Waals surface area contributed by atoms with Gasteiger partial charge in [0.1, 0.15) is 12.2 Å². The summed E-state index contributed by atoms with van der Waals surface area (Å²) in [5.41, 5.74) is 0. The highest BCUT2D eigenvalue weighted by atomic mass is 19.4. The summed E-state index contributed by atoms with van der Waals surface area (Å²) in [5, 5.41) is 0. The van der Waals surface area contributed by atoms with E-state index in [0.29, 0.717) is 19.4 Å². The number of rotatable bonds is 8. The Morgan fingerprint density at radius 3 is 2.28 bits per heavy atom. The number of hydrogen-bond donors (Lipinski definition) is 0. The molecule has 1 aliphatic rings. The van der Waals surface area contributed by atoms with Gasteiger partial charge in [0.25, 0.3) is 0 Å². The van der Waals surface area contributed by atoms with Crippen molar-refractivity contribution in [3.63, 3.8) is 0 Å². The van der Waals surface area contributed by atoms with E-state index in [1.165, 1.54) is 0 Å². The van der Waals surface area contributed by atoms with Gasteiger partial charge in [-0.05, 0) is 6.42 Å². The van der Waals surface area contributed by atoms with Crippen LogP contribution in [0.2, 0.25) is 0 Å². The van der Waals surface area contributed by atoms with Gasteiger partial charge in [-0.25, -0.2) is 0 Å². The van der Waals surface area contributed by atoms with Gasteiger partial charge in [0, 0.05) is 0 Å². The molecule has 1 heterocycles. The first-order valence-electron chi connectivity index (χ1n) is 5.96. The topological polar surface area (TPSA) is 21.8 Å². The lowest BCUT2D eigenvalue weighted by Gasteiger charge is -2.28. The zero-order valence-electron chi connectivity index (χ0n) is 10.1. The quantitative estimate of drug-likeness (QED) is 0.384. The Labute approximate surface area is 102 Å². The molecule has 0 spiro atoms. The van der Waals surface area contributed by atoms with Crippen LogP contribution >= 0.6 is 0 Å². The van der Waals surface area contributed by atoms with Crippen LogP contribution in [0.15, 0.2) is 0 Å². The normalized spacial score (nSPS) is 22.0. The van der Waals surface area contributed by atoms with E-state index in [-0.39, 0.29) is 19.1 Å². The molecule has 2 nitrogen and oxygen atoms in total. The van der Waals surface area contributed by atoms with Crippen LogP contribution in [0, 0.1) is 0 Å². The fraction of sp³-hybridized carbons (Fsp3) is 1.00. The standard InChI is InChI=1S/C11H17F5O2/c1-2-3-4-5-9(18-7-8-6-17-8)10(12,13)11(14,15)16/h8-9H,2-7H2,1H3. The fourth-order valence-corrected chi connectivity index (χ4v) is 1.52. The lowest BCUT2D eigenvalue weighted by atomic mass is 10.0. The van der Waals surface area contributed by atoms with Crippen molar-refractivity contribution in [3.8, 4) is 0 Å². The van der Waals surface area contributed by atoms with Crippen molar-refractivity contribution in [1.82, 2.24) is 0 Å². The Morgan fingerprint density at radius 1 is 1.22 bits per heavy atom. The molecule has 0 aliphatic carbocycles. The van der Waals surface area contributed by atoms with E-state index < -0.39 is 18.2 Å². The summed E-state index contributed by atoms with van der Waals surface area (Å²) in [7, 11) is 0. The van der Waals surface area contributed by atoms with Crippen LogP contribution in [0.4, 0.5) is 22.0 Å². The zero-order chi connectivity index (χ0) is 13.8. The smallest absolute Gasteiger partial charge is 0.371 e. The number of epoxide rings is 1. The summed E-state index contributed by atoms with van der Waals surface area (Å²) in [6.07, 6.45) is -6.68. The molecular formula is C11H17F5O2. The molecule has 0 aromatic heterocycles. The first kappa shape index (κ1) is 15.6. The largest absolute Gasteiger partial charge is 0.456 e. The summed E-state index contributed by atoms with van der Waals surface area (Å²) in [4.78, 5) is 0. The monoisotopic (exact) mass is 276 g/mol. The SMILES string of the molecule is CCCCCC(OCC1CO1)C(F)(F)C(F)(F)F. The van der Waals surface area contributed by atoms with E-state index in [4.69, 9.17) is 9.47 Å². The van der Waals surface area contributed by atoms with E-state index in [2.05, 4.69) is 0 Å². The van der Waals surface area contributed by atoms with E-state index in [1.807, 2.05) is 6.92 Å². The van der Waals surface area contributed by atoms with Crippen LogP contribution in [-0.4, -0.2) is 37.5 Å². The van der Waals surface area contributed by atoms with Gasteiger partial charge < -0.3 is 9.47 Å². The Bertz CT molecular complexity index is 250. The van der Waals surface area contributed by atoms with Gasteiger partial charge in [-0.15, -0.1) is 0 Å². The molecule has 1 saturated heterocycles. The van der Waals surface area contributed by atoms with Gasteiger partial charge in [0.05, 0.1) is 13.2 Å². The first-order valence-corrected chi connectivity index (χ1v) is 5.96. The predicted octanol–water partition coefficient (Wildman–Crippen LogP) is 3.55. The first-order chi connectivity index (χ1) is 8.29. The Kier molecular flexibility index (Phi) is 5.33. The summed E-state index contributed by atoms with van der Waals surface area (Å²) < 4.78 is 72.7. The number of ether oxygens (including phenoxy) is 2. The van der Waals surface area contributed by atoms with Gasteiger partial charge >= 0.3 is 12.1 Å². The highest BCUT2D eigenvalue weighted by Crippen LogP contribution is 2.41. The Morgan fingerprint density at radius 2 is 1.83 bits per heavy atom. The molecule has 2 unspecified atom stereocenters. The van der Waals surface area contributed by atoms with Gasteiger partial charge in [0.2, 0.25) is 0 Å². The number of alkyl halides is 5. The maximum Gasteiger partial charge on any atom is 0.456 e. The van der Waals surface area contributed by atoms with Crippen LogP contribution in [0.25, 0.3) is 0 Å². The second kappa shape index (κ2) is 6.14. The molecule has 108 valence electrons. The van der Waals surface area contributed by atoms with Crippen LogP contribution < -0.4 is 0 Å². The minimum Gasteiger partial charge on any atom is -0.371 e. The van der Waals surface area contributed by atoms with Crippen LogP contribution in [-0.2, 0) is 9.47 Å². The van der Waals surface area contributed by atoms with Crippen molar-refractivity contribution in [2.24, 2.45) is 0 Å². The molecule has 0 aromatic rings. The lowest BCUT2D eigenvalue weighted by Crippen LogP contribution is -2.48. The summed E-state index contributed by atoms with van der Waals surface area (Å²) in [5.74, 6) is -4.81. The van der Waals surface area contributed by atoms with E-state index in [9.17, 15) is 22.0 Å². The molecule has 0 aromatic carbocycles. The van der Waals surface area contributed by atoms with E-state index in [1.54, 1.807) is 0 Å². The van der Waals surface area contributed by atoms with Crippen molar-refractivity contribution in [2.75, 3.05) is 13.2 Å². The van der Waals surface area contributed by atoms with Gasteiger partial charge in [-0.1, -0.05) is 26.2 Å². The van der Waals surface area contributed by atoms with Crippen molar-refractivity contribution in [2.45, 2.75) is 56.9 Å². The molecule has 2 atom stereocenters. The summed E-state index contributed by atoms with van der Waals surface area (Å²) >= 11 is 0. The molecule has 0 N–H and O–H groups in total. The van der Waals surface area contributed by atoms with Gasteiger partial charge in [0.15, 0.2) is 0 Å². The average molecular weight is 276 g/mol. The zero-order valence-corrected chi connectivity index (χ0v) is 10.1. The second-order valence-corrected chi connectivity index (χ2v) is 4.39. The van der Waals surface area contributed by atoms with Crippen LogP contribution in [0.1, 0.15) is 32.6 Å². The predicted molar refractivity (Wildman–Crippen MR) is 54.6 cm³/mol. The fourth-order valence-electron chi connectivity index (χ4n) is 1.52. The molecule has 18 heavy (non-hydrogen) atoms. The van der Waals surface area contributed by atoms with E-state index >= 15 is 0 Å². The second-order valence-electron chi connectivity index (χ2n) is 4.39. The van der Waals surface area contributed by atoms with Crippen molar-refractivity contribution >= 4 is 0 Å². The number of hydrogen-bond acceptors (Lipinski definition) is 2. The number of unbranched alkanes of at least 4 members (excludes halogenated alkanes) is 2. The van der Waals surface area contributed by atoms with E-state index in [0.717, 1.165) is 6.42 Å². The minimum atomic E-state index is -5.58.